The SMILES string of the molecule is CCCCCC(C(=O)C(=N)CC(=O)O)C(CO)C(=O)O. The van der Waals surface area contributed by atoms with Gasteiger partial charge in [0.05, 0.1) is 24.7 Å². The van der Waals surface area contributed by atoms with Gasteiger partial charge in [0.1, 0.15) is 0 Å². The van der Waals surface area contributed by atoms with E-state index >= 15 is 0 Å². The van der Waals surface area contributed by atoms with Gasteiger partial charge in [-0.05, 0) is 6.42 Å². The number of nitrogens with one attached hydrogen (secondary N) is 1. The van der Waals surface area contributed by atoms with Crippen LogP contribution in [0.15, 0.2) is 0 Å². The third-order valence-electron chi connectivity index (χ3n) is 3.08. The number of ketones is 1. The number of Topliss-reactive ketones (excluding diaryl/α,β-unsaturated/α-hetero) is 1. The first-order valence-electron chi connectivity index (χ1n) is 6.52. The number of aliphatic hydroxyl groups is 1. The predicted molar refractivity (Wildman–Crippen MR) is 70.8 cm³/mol. The highest BCUT2D eigenvalue weighted by molar-refractivity contribution is 6.42. The van der Waals surface area contributed by atoms with E-state index in [1.54, 1.807) is 0 Å². The Morgan fingerprint density at radius 3 is 2.10 bits per heavy atom. The third-order valence-corrected chi connectivity index (χ3v) is 3.08. The van der Waals surface area contributed by atoms with Crippen molar-refractivity contribution >= 4 is 23.4 Å². The highest BCUT2D eigenvalue weighted by Crippen LogP contribution is 2.22. The van der Waals surface area contributed by atoms with Crippen LogP contribution >= 0.6 is 0 Å². The van der Waals surface area contributed by atoms with E-state index < -0.39 is 48.3 Å². The van der Waals surface area contributed by atoms with Crippen molar-refractivity contribution in [1.29, 1.82) is 5.41 Å². The lowest BCUT2D eigenvalue weighted by atomic mass is 9.82. The average Bonchev–Trinajstić information content (AvgIpc) is 2.35. The average molecular weight is 287 g/mol. The van der Waals surface area contributed by atoms with Gasteiger partial charge in [0.2, 0.25) is 0 Å². The summed E-state index contributed by atoms with van der Waals surface area (Å²) < 4.78 is 0. The van der Waals surface area contributed by atoms with Crippen molar-refractivity contribution in [3.63, 3.8) is 0 Å². The van der Waals surface area contributed by atoms with Gasteiger partial charge in [-0.1, -0.05) is 26.2 Å². The Kier molecular flexibility index (Phi) is 8.38. The molecule has 0 aliphatic rings. The normalized spacial score (nSPS) is 13.5. The van der Waals surface area contributed by atoms with Gasteiger partial charge in [-0.3, -0.25) is 14.4 Å². The van der Waals surface area contributed by atoms with Crippen LogP contribution in [0.3, 0.4) is 0 Å². The number of unbranched alkanes of at least 4 members (excludes halogenated alkanes) is 2. The number of carbonyl (C=O) groups is 3. The van der Waals surface area contributed by atoms with Crippen LogP contribution in [0.1, 0.15) is 39.0 Å². The monoisotopic (exact) mass is 287 g/mol. The maximum Gasteiger partial charge on any atom is 0.309 e. The zero-order valence-corrected chi connectivity index (χ0v) is 11.5. The Bertz CT molecular complexity index is 379. The third kappa shape index (κ3) is 5.92. The Labute approximate surface area is 117 Å². The lowest BCUT2D eigenvalue weighted by Gasteiger charge is -2.21. The van der Waals surface area contributed by atoms with Crippen LogP contribution in [0, 0.1) is 17.2 Å². The topological polar surface area (TPSA) is 136 Å². The summed E-state index contributed by atoms with van der Waals surface area (Å²) in [6.45, 7) is 1.24. The number of aliphatic carboxylic acids is 2. The van der Waals surface area contributed by atoms with Gasteiger partial charge in [-0.25, -0.2) is 0 Å². The second-order valence-corrected chi connectivity index (χ2v) is 4.64. The summed E-state index contributed by atoms with van der Waals surface area (Å²) in [5.41, 5.74) is -0.626. The summed E-state index contributed by atoms with van der Waals surface area (Å²) in [6, 6.07) is 0. The van der Waals surface area contributed by atoms with Crippen LogP contribution in [0.5, 0.6) is 0 Å². The first-order chi connectivity index (χ1) is 9.34. The molecule has 114 valence electrons. The van der Waals surface area contributed by atoms with E-state index in [1.165, 1.54) is 0 Å². The Morgan fingerprint density at radius 2 is 1.70 bits per heavy atom. The summed E-state index contributed by atoms with van der Waals surface area (Å²) in [6.07, 6.45) is 1.77. The number of carbonyl (C=O) groups excluding carboxylic acids is 1. The number of carboxylic acid groups (broad SMARTS) is 2. The molecule has 0 aromatic carbocycles. The van der Waals surface area contributed by atoms with E-state index in [9.17, 15) is 14.4 Å². The van der Waals surface area contributed by atoms with Crippen molar-refractivity contribution in [3.8, 4) is 0 Å². The fourth-order valence-corrected chi connectivity index (χ4v) is 1.97. The van der Waals surface area contributed by atoms with Crippen LogP contribution in [0.4, 0.5) is 0 Å². The largest absolute Gasteiger partial charge is 0.481 e. The minimum absolute atomic E-state index is 0.228. The minimum atomic E-state index is -1.31. The molecule has 4 N–H and O–H groups in total. The van der Waals surface area contributed by atoms with Gasteiger partial charge < -0.3 is 20.7 Å². The minimum Gasteiger partial charge on any atom is -0.481 e. The fourth-order valence-electron chi connectivity index (χ4n) is 1.97. The first-order valence-corrected chi connectivity index (χ1v) is 6.52. The van der Waals surface area contributed by atoms with Crippen LogP contribution in [0.2, 0.25) is 0 Å². The van der Waals surface area contributed by atoms with Crippen molar-refractivity contribution in [2.45, 2.75) is 39.0 Å². The Morgan fingerprint density at radius 1 is 1.10 bits per heavy atom. The fraction of sp³-hybridized carbons (Fsp3) is 0.692. The molecule has 0 rings (SSSR count). The van der Waals surface area contributed by atoms with Crippen molar-refractivity contribution in [1.82, 2.24) is 0 Å². The molecule has 0 spiro atoms. The number of rotatable bonds is 11. The van der Waals surface area contributed by atoms with Gasteiger partial charge in [-0.15, -0.1) is 0 Å². The van der Waals surface area contributed by atoms with Crippen molar-refractivity contribution < 1.29 is 29.7 Å². The molecule has 7 nitrogen and oxygen atoms in total. The summed E-state index contributed by atoms with van der Waals surface area (Å²) in [4.78, 5) is 33.6. The van der Waals surface area contributed by atoms with Crippen molar-refractivity contribution in [2.75, 3.05) is 6.61 Å². The molecule has 2 unspecified atom stereocenters. The molecule has 2 atom stereocenters. The molecule has 0 aliphatic carbocycles. The molecular formula is C13H21NO6. The number of aliphatic hydroxyl groups excluding tert-OH is 1. The Balaban J connectivity index is 4.98. The van der Waals surface area contributed by atoms with Gasteiger partial charge >= 0.3 is 11.9 Å². The summed E-state index contributed by atoms with van der Waals surface area (Å²) >= 11 is 0. The maximum absolute atomic E-state index is 12.0. The number of carboxylic acids is 2. The summed E-state index contributed by atoms with van der Waals surface area (Å²) in [5, 5.41) is 34.1. The van der Waals surface area contributed by atoms with Gasteiger partial charge in [-0.2, -0.15) is 0 Å². The van der Waals surface area contributed by atoms with E-state index in [0.717, 1.165) is 12.8 Å². The molecule has 0 bridgehead atoms. The number of hydrogen-bond acceptors (Lipinski definition) is 5. The highest BCUT2D eigenvalue weighted by atomic mass is 16.4. The predicted octanol–water partition coefficient (Wildman–Crippen LogP) is 0.940. The molecule has 0 amide bonds. The molecule has 0 saturated heterocycles. The van der Waals surface area contributed by atoms with E-state index in [1.807, 2.05) is 6.92 Å². The summed E-state index contributed by atoms with van der Waals surface area (Å²) in [7, 11) is 0. The second-order valence-electron chi connectivity index (χ2n) is 4.64. The zero-order valence-electron chi connectivity index (χ0n) is 11.5. The molecule has 0 aliphatic heterocycles. The quantitative estimate of drug-likeness (QED) is 0.330. The molecule has 0 heterocycles. The zero-order chi connectivity index (χ0) is 15.7. The molecule has 0 fully saturated rings. The maximum atomic E-state index is 12.0. The van der Waals surface area contributed by atoms with E-state index in [2.05, 4.69) is 0 Å². The molecule has 7 heteroatoms. The first kappa shape index (κ1) is 18.2. The number of hydrogen-bond donors (Lipinski definition) is 4. The lowest BCUT2D eigenvalue weighted by molar-refractivity contribution is -0.147. The van der Waals surface area contributed by atoms with Gasteiger partial charge in [0.25, 0.3) is 0 Å². The van der Waals surface area contributed by atoms with Crippen LogP contribution in [0.25, 0.3) is 0 Å². The molecule has 0 aromatic rings. The Hall–Kier alpha value is -1.76. The second kappa shape index (κ2) is 9.19. The van der Waals surface area contributed by atoms with Crippen molar-refractivity contribution in [3.05, 3.63) is 0 Å². The molecule has 0 saturated carbocycles. The van der Waals surface area contributed by atoms with Crippen LogP contribution in [-0.2, 0) is 14.4 Å². The van der Waals surface area contributed by atoms with Crippen LogP contribution in [-0.4, -0.2) is 45.4 Å². The lowest BCUT2D eigenvalue weighted by Crippen LogP contribution is -2.36. The molecule has 20 heavy (non-hydrogen) atoms. The smallest absolute Gasteiger partial charge is 0.309 e. The molecule has 0 aromatic heterocycles. The summed E-state index contributed by atoms with van der Waals surface area (Å²) in [5.74, 6) is -5.77. The molecular weight excluding hydrogens is 266 g/mol. The molecule has 0 radical (unpaired) electrons. The van der Waals surface area contributed by atoms with E-state index in [0.29, 0.717) is 6.42 Å². The van der Waals surface area contributed by atoms with Gasteiger partial charge in [0, 0.05) is 5.92 Å². The van der Waals surface area contributed by atoms with E-state index in [-0.39, 0.29) is 6.42 Å². The highest BCUT2D eigenvalue weighted by Gasteiger charge is 2.34. The van der Waals surface area contributed by atoms with Crippen molar-refractivity contribution in [2.24, 2.45) is 11.8 Å². The standard InChI is InChI=1S/C13H21NO6/c1-2-3-4-5-8(9(7-15)13(19)20)12(18)10(14)6-11(16)17/h8-9,14-15H,2-7H2,1H3,(H,16,17)(H,19,20). The van der Waals surface area contributed by atoms with Crippen LogP contribution < -0.4 is 0 Å². The van der Waals surface area contributed by atoms with Gasteiger partial charge in [0.15, 0.2) is 5.78 Å². The van der Waals surface area contributed by atoms with E-state index in [4.69, 9.17) is 20.7 Å².